The lowest BCUT2D eigenvalue weighted by Crippen LogP contribution is -2.32. The number of aryl methyl sites for hydroxylation is 2. The lowest BCUT2D eigenvalue weighted by molar-refractivity contribution is 0.544. The highest BCUT2D eigenvalue weighted by atomic mass is 32.1. The zero-order valence-electron chi connectivity index (χ0n) is 11.2. The van der Waals surface area contributed by atoms with E-state index in [9.17, 15) is 0 Å². The molecular weight excluding hydrogens is 230 g/mol. The van der Waals surface area contributed by atoms with Crippen molar-refractivity contribution in [1.82, 2.24) is 4.98 Å². The summed E-state index contributed by atoms with van der Waals surface area (Å²) >= 11 is 5.10. The maximum absolute atomic E-state index is 5.78. The molecule has 0 saturated heterocycles. The van der Waals surface area contributed by atoms with Crippen LogP contribution in [-0.4, -0.2) is 15.5 Å². The van der Waals surface area contributed by atoms with Crippen LogP contribution in [0.5, 0.6) is 0 Å². The molecule has 3 nitrogen and oxygen atoms in total. The molecule has 3 N–H and O–H groups in total. The molecule has 0 fully saturated rings. The molecule has 0 saturated carbocycles. The fourth-order valence-electron chi connectivity index (χ4n) is 1.65. The SMILES string of the molecule is CCC(C)(C)Nc1nc(C)cc(C)c1C(N)=S. The monoisotopic (exact) mass is 251 g/mol. The predicted octanol–water partition coefficient (Wildman–Crippen LogP) is 2.93. The van der Waals surface area contributed by atoms with E-state index in [1.807, 2.05) is 19.9 Å². The van der Waals surface area contributed by atoms with Gasteiger partial charge in [-0.25, -0.2) is 4.98 Å². The van der Waals surface area contributed by atoms with Crippen LogP contribution >= 0.6 is 12.2 Å². The van der Waals surface area contributed by atoms with Crippen LogP contribution < -0.4 is 11.1 Å². The average Bonchev–Trinajstić information content (AvgIpc) is 2.14. The third-order valence-electron chi connectivity index (χ3n) is 2.93. The van der Waals surface area contributed by atoms with Crippen molar-refractivity contribution in [3.8, 4) is 0 Å². The molecule has 1 rings (SSSR count). The number of rotatable bonds is 4. The van der Waals surface area contributed by atoms with Crippen molar-refractivity contribution in [2.75, 3.05) is 5.32 Å². The molecule has 0 aromatic carbocycles. The minimum atomic E-state index is -0.0211. The number of nitrogens with zero attached hydrogens (tertiary/aromatic N) is 1. The molecule has 0 aliphatic rings. The fraction of sp³-hybridized carbons (Fsp3) is 0.538. The topological polar surface area (TPSA) is 50.9 Å². The zero-order valence-corrected chi connectivity index (χ0v) is 12.0. The lowest BCUT2D eigenvalue weighted by atomic mass is 10.0. The molecule has 17 heavy (non-hydrogen) atoms. The molecular formula is C13H21N3S. The largest absolute Gasteiger partial charge is 0.389 e. The number of hydrogen-bond donors (Lipinski definition) is 2. The smallest absolute Gasteiger partial charge is 0.137 e. The molecule has 0 bridgehead atoms. The summed E-state index contributed by atoms with van der Waals surface area (Å²) in [5.74, 6) is 0.793. The molecule has 0 aliphatic carbocycles. The van der Waals surface area contributed by atoms with Crippen LogP contribution in [0.25, 0.3) is 0 Å². The summed E-state index contributed by atoms with van der Waals surface area (Å²) in [6.07, 6.45) is 0.998. The normalized spacial score (nSPS) is 11.4. The molecule has 0 radical (unpaired) electrons. The maximum Gasteiger partial charge on any atom is 0.137 e. The molecule has 0 spiro atoms. The van der Waals surface area contributed by atoms with Crippen LogP contribution in [-0.2, 0) is 0 Å². The molecule has 0 atom stereocenters. The number of aromatic nitrogens is 1. The average molecular weight is 251 g/mol. The van der Waals surface area contributed by atoms with Gasteiger partial charge in [-0.2, -0.15) is 0 Å². The number of hydrogen-bond acceptors (Lipinski definition) is 3. The zero-order chi connectivity index (χ0) is 13.2. The van der Waals surface area contributed by atoms with Crippen molar-refractivity contribution in [3.05, 3.63) is 22.9 Å². The summed E-state index contributed by atoms with van der Waals surface area (Å²) in [6.45, 7) is 10.4. The number of thiocarbonyl (C=S) groups is 1. The van der Waals surface area contributed by atoms with Crippen molar-refractivity contribution in [3.63, 3.8) is 0 Å². The van der Waals surface area contributed by atoms with Crippen LogP contribution in [0.4, 0.5) is 5.82 Å². The van der Waals surface area contributed by atoms with Gasteiger partial charge in [-0.15, -0.1) is 0 Å². The van der Waals surface area contributed by atoms with Crippen LogP contribution in [0.15, 0.2) is 6.07 Å². The maximum atomic E-state index is 5.78. The summed E-state index contributed by atoms with van der Waals surface area (Å²) in [7, 11) is 0. The van der Waals surface area contributed by atoms with E-state index in [4.69, 9.17) is 18.0 Å². The second-order valence-corrected chi connectivity index (χ2v) is 5.47. The van der Waals surface area contributed by atoms with Gasteiger partial charge in [0, 0.05) is 11.2 Å². The Morgan fingerprint density at radius 1 is 1.47 bits per heavy atom. The van der Waals surface area contributed by atoms with E-state index in [0.717, 1.165) is 29.1 Å². The van der Waals surface area contributed by atoms with E-state index in [0.29, 0.717) is 4.99 Å². The Bertz CT molecular complexity index is 439. The summed E-state index contributed by atoms with van der Waals surface area (Å²) in [5, 5.41) is 3.42. The van der Waals surface area contributed by atoms with Gasteiger partial charge in [-0.1, -0.05) is 19.1 Å². The second-order valence-electron chi connectivity index (χ2n) is 5.03. The van der Waals surface area contributed by atoms with Crippen molar-refractivity contribution in [1.29, 1.82) is 0 Å². The Hall–Kier alpha value is -1.16. The van der Waals surface area contributed by atoms with Gasteiger partial charge in [0.05, 0.1) is 5.56 Å². The van der Waals surface area contributed by atoms with Crippen LogP contribution in [0.3, 0.4) is 0 Å². The van der Waals surface area contributed by atoms with Crippen molar-refractivity contribution in [2.24, 2.45) is 5.73 Å². The van der Waals surface area contributed by atoms with Crippen LogP contribution in [0, 0.1) is 13.8 Å². The second kappa shape index (κ2) is 5.00. The summed E-state index contributed by atoms with van der Waals surface area (Å²) in [6, 6.07) is 2.00. The van der Waals surface area contributed by atoms with Crippen LogP contribution in [0.1, 0.15) is 44.0 Å². The van der Waals surface area contributed by atoms with E-state index in [2.05, 4.69) is 31.1 Å². The first-order valence-corrected chi connectivity index (χ1v) is 6.24. The van der Waals surface area contributed by atoms with E-state index in [1.54, 1.807) is 0 Å². The van der Waals surface area contributed by atoms with E-state index in [1.165, 1.54) is 0 Å². The van der Waals surface area contributed by atoms with Crippen molar-refractivity contribution < 1.29 is 0 Å². The Kier molecular flexibility index (Phi) is 4.09. The molecule has 94 valence electrons. The number of anilines is 1. The van der Waals surface area contributed by atoms with Gasteiger partial charge in [0.25, 0.3) is 0 Å². The van der Waals surface area contributed by atoms with E-state index >= 15 is 0 Å². The first kappa shape index (κ1) is 13.9. The lowest BCUT2D eigenvalue weighted by Gasteiger charge is -2.27. The standard InChI is InChI=1S/C13H21N3S/c1-6-13(4,5)16-12-10(11(14)17)8(2)7-9(3)15-12/h7H,6H2,1-5H3,(H2,14,17)(H,15,16). The predicted molar refractivity (Wildman–Crippen MR) is 77.6 cm³/mol. The van der Waals surface area contributed by atoms with E-state index in [-0.39, 0.29) is 5.54 Å². The molecule has 0 unspecified atom stereocenters. The first-order valence-electron chi connectivity index (χ1n) is 5.83. The van der Waals surface area contributed by atoms with Crippen molar-refractivity contribution in [2.45, 2.75) is 46.6 Å². The molecule has 0 aliphatic heterocycles. The Morgan fingerprint density at radius 3 is 2.53 bits per heavy atom. The third kappa shape index (κ3) is 3.40. The highest BCUT2D eigenvalue weighted by molar-refractivity contribution is 7.80. The van der Waals surface area contributed by atoms with E-state index < -0.39 is 0 Å². The molecule has 1 aromatic heterocycles. The van der Waals surface area contributed by atoms with Gasteiger partial charge < -0.3 is 11.1 Å². The Morgan fingerprint density at radius 2 is 2.06 bits per heavy atom. The molecule has 1 heterocycles. The molecule has 4 heteroatoms. The van der Waals surface area contributed by atoms with Gasteiger partial charge in [-0.3, -0.25) is 0 Å². The third-order valence-corrected chi connectivity index (χ3v) is 3.14. The molecule has 1 aromatic rings. The Balaban J connectivity index is 3.26. The summed E-state index contributed by atoms with van der Waals surface area (Å²) in [4.78, 5) is 4.90. The first-order chi connectivity index (χ1) is 7.76. The highest BCUT2D eigenvalue weighted by Gasteiger charge is 2.19. The number of nitrogens with two attached hydrogens (primary N) is 1. The number of pyridine rings is 1. The summed E-state index contributed by atoms with van der Waals surface area (Å²) in [5.41, 5.74) is 8.65. The fourth-order valence-corrected chi connectivity index (χ4v) is 1.90. The summed E-state index contributed by atoms with van der Waals surface area (Å²) < 4.78 is 0. The highest BCUT2D eigenvalue weighted by Crippen LogP contribution is 2.23. The minimum Gasteiger partial charge on any atom is -0.389 e. The molecule has 0 amide bonds. The number of nitrogens with one attached hydrogen (secondary N) is 1. The van der Waals surface area contributed by atoms with Gasteiger partial charge in [0.2, 0.25) is 0 Å². The van der Waals surface area contributed by atoms with Crippen LogP contribution in [0.2, 0.25) is 0 Å². The van der Waals surface area contributed by atoms with Gasteiger partial charge in [-0.05, 0) is 45.7 Å². The van der Waals surface area contributed by atoms with Gasteiger partial charge in [0.15, 0.2) is 0 Å². The van der Waals surface area contributed by atoms with Crippen molar-refractivity contribution >= 4 is 23.0 Å². The Labute approximate surface area is 109 Å². The van der Waals surface area contributed by atoms with Gasteiger partial charge in [0.1, 0.15) is 10.8 Å². The minimum absolute atomic E-state index is 0.0211. The van der Waals surface area contributed by atoms with Gasteiger partial charge >= 0.3 is 0 Å². The quantitative estimate of drug-likeness (QED) is 0.808.